The van der Waals surface area contributed by atoms with Gasteiger partial charge < -0.3 is 16.0 Å². The molecule has 0 radical (unpaired) electrons. The van der Waals surface area contributed by atoms with Gasteiger partial charge in [0.25, 0.3) is 0 Å². The highest BCUT2D eigenvalue weighted by Crippen LogP contribution is 2.34. The Kier molecular flexibility index (Phi) is 3.15. The van der Waals surface area contributed by atoms with Gasteiger partial charge in [-0.25, -0.2) is 4.39 Å². The van der Waals surface area contributed by atoms with Gasteiger partial charge in [0.2, 0.25) is 5.91 Å². The minimum atomic E-state index is -0.421. The van der Waals surface area contributed by atoms with Gasteiger partial charge in [-0.05, 0) is 31.5 Å². The largest absolute Gasteiger partial charge is 0.399 e. The molecule has 1 saturated heterocycles. The normalized spacial score (nSPS) is 23.2. The first-order valence-corrected chi connectivity index (χ1v) is 5.98. The Morgan fingerprint density at radius 3 is 2.83 bits per heavy atom. The van der Waals surface area contributed by atoms with Crippen molar-refractivity contribution < 1.29 is 9.18 Å². The molecular formula is C13H18FN3O. The first kappa shape index (κ1) is 12.7. The molecule has 18 heavy (non-hydrogen) atoms. The van der Waals surface area contributed by atoms with Gasteiger partial charge in [-0.1, -0.05) is 0 Å². The summed E-state index contributed by atoms with van der Waals surface area (Å²) in [5, 5.41) is 2.68. The summed E-state index contributed by atoms with van der Waals surface area (Å²) in [7, 11) is 1.64. The second kappa shape index (κ2) is 4.48. The molecule has 1 amide bonds. The Bertz CT molecular complexity index is 457. The molecule has 2 rings (SSSR count). The summed E-state index contributed by atoms with van der Waals surface area (Å²) in [5.41, 5.74) is 6.35. The van der Waals surface area contributed by atoms with E-state index in [2.05, 4.69) is 5.32 Å². The first-order chi connectivity index (χ1) is 8.44. The third-order valence-electron chi connectivity index (χ3n) is 3.52. The van der Waals surface area contributed by atoms with Gasteiger partial charge in [0, 0.05) is 31.5 Å². The molecule has 98 valence electrons. The average molecular weight is 251 g/mol. The van der Waals surface area contributed by atoms with E-state index in [0.717, 1.165) is 18.7 Å². The van der Waals surface area contributed by atoms with E-state index < -0.39 is 5.41 Å². The Morgan fingerprint density at radius 2 is 2.22 bits per heavy atom. The molecule has 4 nitrogen and oxygen atoms in total. The van der Waals surface area contributed by atoms with Crippen molar-refractivity contribution in [2.45, 2.75) is 13.3 Å². The van der Waals surface area contributed by atoms with Crippen LogP contribution in [0.4, 0.5) is 15.8 Å². The summed E-state index contributed by atoms with van der Waals surface area (Å²) >= 11 is 0. The minimum Gasteiger partial charge on any atom is -0.399 e. The molecule has 0 aromatic heterocycles. The molecule has 1 aliphatic rings. The molecule has 0 bridgehead atoms. The number of halogens is 1. The molecule has 1 fully saturated rings. The number of hydrogen-bond donors (Lipinski definition) is 2. The Hall–Kier alpha value is -1.78. The van der Waals surface area contributed by atoms with Crippen LogP contribution in [0.25, 0.3) is 0 Å². The van der Waals surface area contributed by atoms with Gasteiger partial charge in [-0.2, -0.15) is 0 Å². The second-order valence-electron chi connectivity index (χ2n) is 5.05. The molecule has 1 unspecified atom stereocenters. The van der Waals surface area contributed by atoms with Crippen LogP contribution in [0.1, 0.15) is 13.3 Å². The van der Waals surface area contributed by atoms with Crippen LogP contribution in [-0.4, -0.2) is 26.0 Å². The molecule has 5 heteroatoms. The van der Waals surface area contributed by atoms with Gasteiger partial charge in [-0.3, -0.25) is 4.79 Å². The third-order valence-corrected chi connectivity index (χ3v) is 3.52. The van der Waals surface area contributed by atoms with Crippen LogP contribution in [0.3, 0.4) is 0 Å². The van der Waals surface area contributed by atoms with Crippen LogP contribution in [0.15, 0.2) is 18.2 Å². The van der Waals surface area contributed by atoms with E-state index in [-0.39, 0.29) is 11.7 Å². The number of carbonyl (C=O) groups is 1. The number of nitrogens with two attached hydrogens (primary N) is 1. The molecule has 0 spiro atoms. The van der Waals surface area contributed by atoms with Crippen molar-refractivity contribution >= 4 is 17.3 Å². The number of hydrogen-bond acceptors (Lipinski definition) is 3. The Morgan fingerprint density at radius 1 is 1.50 bits per heavy atom. The molecular weight excluding hydrogens is 233 g/mol. The number of nitrogen functional groups attached to an aromatic ring is 1. The zero-order valence-electron chi connectivity index (χ0n) is 10.7. The summed E-state index contributed by atoms with van der Waals surface area (Å²) in [6.45, 7) is 3.23. The second-order valence-corrected chi connectivity index (χ2v) is 5.05. The summed E-state index contributed by atoms with van der Waals surface area (Å²) in [5.74, 6) is -0.326. The summed E-state index contributed by atoms with van der Waals surface area (Å²) in [6, 6.07) is 4.47. The molecule has 1 atom stereocenters. The summed E-state index contributed by atoms with van der Waals surface area (Å²) in [4.78, 5) is 13.8. The lowest BCUT2D eigenvalue weighted by molar-refractivity contribution is -0.128. The van der Waals surface area contributed by atoms with Crippen LogP contribution in [0.2, 0.25) is 0 Å². The van der Waals surface area contributed by atoms with E-state index in [1.807, 2.05) is 11.8 Å². The lowest BCUT2D eigenvalue weighted by Gasteiger charge is -2.24. The van der Waals surface area contributed by atoms with Gasteiger partial charge in [0.1, 0.15) is 5.82 Å². The number of nitrogens with one attached hydrogen (secondary N) is 1. The Balaban J connectivity index is 2.20. The number of nitrogens with zero attached hydrogens (tertiary/aromatic N) is 1. The van der Waals surface area contributed by atoms with Crippen LogP contribution in [0, 0.1) is 11.2 Å². The number of anilines is 2. The lowest BCUT2D eigenvalue weighted by Crippen LogP contribution is -2.39. The van der Waals surface area contributed by atoms with E-state index in [4.69, 9.17) is 5.73 Å². The molecule has 1 heterocycles. The molecule has 0 saturated carbocycles. The van der Waals surface area contributed by atoms with Crippen LogP contribution in [0.5, 0.6) is 0 Å². The fourth-order valence-electron chi connectivity index (χ4n) is 2.45. The van der Waals surface area contributed by atoms with Gasteiger partial charge in [0.05, 0.1) is 5.41 Å². The van der Waals surface area contributed by atoms with E-state index >= 15 is 0 Å². The molecule has 0 aliphatic carbocycles. The minimum absolute atomic E-state index is 0.0226. The Labute approximate surface area is 106 Å². The van der Waals surface area contributed by atoms with Crippen LogP contribution in [-0.2, 0) is 4.79 Å². The number of carbonyl (C=O) groups excluding carboxylic acids is 1. The van der Waals surface area contributed by atoms with Crippen molar-refractivity contribution in [3.05, 3.63) is 24.0 Å². The zero-order chi connectivity index (χ0) is 13.3. The maximum absolute atomic E-state index is 13.3. The van der Waals surface area contributed by atoms with Gasteiger partial charge >= 0.3 is 0 Å². The first-order valence-electron chi connectivity index (χ1n) is 5.98. The van der Waals surface area contributed by atoms with Crippen molar-refractivity contribution in [1.29, 1.82) is 0 Å². The number of benzene rings is 1. The zero-order valence-corrected chi connectivity index (χ0v) is 10.7. The number of rotatable bonds is 2. The van der Waals surface area contributed by atoms with Gasteiger partial charge in [-0.15, -0.1) is 0 Å². The number of amides is 1. The monoisotopic (exact) mass is 251 g/mol. The predicted octanol–water partition coefficient (Wildman–Crippen LogP) is 1.37. The SMILES string of the molecule is CNC(=O)C1(C)CCN(c2cc(N)cc(F)c2)C1. The van der Waals surface area contributed by atoms with E-state index in [1.54, 1.807) is 13.1 Å². The summed E-state index contributed by atoms with van der Waals surface area (Å²) in [6.07, 6.45) is 0.753. The predicted molar refractivity (Wildman–Crippen MR) is 69.8 cm³/mol. The van der Waals surface area contributed by atoms with Crippen LogP contribution >= 0.6 is 0 Å². The van der Waals surface area contributed by atoms with Crippen LogP contribution < -0.4 is 16.0 Å². The van der Waals surface area contributed by atoms with Crippen molar-refractivity contribution in [2.75, 3.05) is 30.8 Å². The smallest absolute Gasteiger partial charge is 0.227 e. The van der Waals surface area contributed by atoms with Gasteiger partial charge in [0.15, 0.2) is 0 Å². The highest BCUT2D eigenvalue weighted by Gasteiger charge is 2.39. The molecule has 3 N–H and O–H groups in total. The van der Waals surface area contributed by atoms with E-state index in [0.29, 0.717) is 12.2 Å². The maximum Gasteiger partial charge on any atom is 0.227 e. The fraction of sp³-hybridized carbons (Fsp3) is 0.462. The maximum atomic E-state index is 13.3. The van der Waals surface area contributed by atoms with Crippen molar-refractivity contribution in [3.8, 4) is 0 Å². The topological polar surface area (TPSA) is 58.4 Å². The van der Waals surface area contributed by atoms with Crippen molar-refractivity contribution in [1.82, 2.24) is 5.32 Å². The van der Waals surface area contributed by atoms with Crippen molar-refractivity contribution in [3.63, 3.8) is 0 Å². The fourth-order valence-corrected chi connectivity index (χ4v) is 2.45. The lowest BCUT2D eigenvalue weighted by atomic mass is 9.89. The highest BCUT2D eigenvalue weighted by atomic mass is 19.1. The third kappa shape index (κ3) is 2.25. The average Bonchev–Trinajstić information content (AvgIpc) is 2.71. The van der Waals surface area contributed by atoms with E-state index in [1.165, 1.54) is 12.1 Å². The summed E-state index contributed by atoms with van der Waals surface area (Å²) < 4.78 is 13.3. The standard InChI is InChI=1S/C13H18FN3O/c1-13(12(18)16-2)3-4-17(8-13)11-6-9(14)5-10(15)7-11/h5-7H,3-4,8,15H2,1-2H3,(H,16,18). The van der Waals surface area contributed by atoms with E-state index in [9.17, 15) is 9.18 Å². The quantitative estimate of drug-likeness (QED) is 0.780. The molecule has 1 aromatic carbocycles. The molecule has 1 aromatic rings. The molecule has 1 aliphatic heterocycles. The van der Waals surface area contributed by atoms with Crippen molar-refractivity contribution in [2.24, 2.45) is 5.41 Å². The highest BCUT2D eigenvalue weighted by molar-refractivity contribution is 5.83.